The van der Waals surface area contributed by atoms with Gasteiger partial charge in [0.05, 0.1) is 22.9 Å². The highest BCUT2D eigenvalue weighted by molar-refractivity contribution is 6.34. The van der Waals surface area contributed by atoms with Gasteiger partial charge >= 0.3 is 12.1 Å². The molecule has 0 unspecified atom stereocenters. The van der Waals surface area contributed by atoms with E-state index < -0.39 is 12.1 Å². The smallest absolute Gasteiger partial charge is 0.414 e. The molecule has 2 aromatic rings. The molecular formula is C25H29ClN2O4. The topological polar surface area (TPSA) is 70.1 Å². The van der Waals surface area contributed by atoms with Crippen molar-refractivity contribution < 1.29 is 19.4 Å². The van der Waals surface area contributed by atoms with Gasteiger partial charge in [0, 0.05) is 19.6 Å². The van der Waals surface area contributed by atoms with Gasteiger partial charge < -0.3 is 9.84 Å². The number of carboxylic acid groups (broad SMARTS) is 1. The van der Waals surface area contributed by atoms with Gasteiger partial charge in [-0.15, -0.1) is 0 Å². The lowest BCUT2D eigenvalue weighted by atomic mass is 9.99. The molecule has 1 aliphatic rings. The number of amides is 1. The number of para-hydroxylation sites is 1. The molecule has 0 saturated heterocycles. The number of benzene rings is 2. The number of hydrogen-bond donors (Lipinski definition) is 1. The van der Waals surface area contributed by atoms with E-state index in [1.54, 1.807) is 19.1 Å². The van der Waals surface area contributed by atoms with Crippen LogP contribution in [0.25, 0.3) is 5.57 Å². The maximum Gasteiger partial charge on any atom is 0.414 e. The zero-order chi connectivity index (χ0) is 22.9. The molecule has 0 radical (unpaired) electrons. The van der Waals surface area contributed by atoms with Gasteiger partial charge in [-0.3, -0.25) is 9.80 Å². The number of rotatable bonds is 9. The summed E-state index contributed by atoms with van der Waals surface area (Å²) in [6.45, 7) is 5.06. The molecule has 0 aromatic heterocycles. The Kier molecular flexibility index (Phi) is 8.71. The number of carbonyl (C=O) groups is 2. The van der Waals surface area contributed by atoms with Crippen LogP contribution in [0.2, 0.25) is 5.02 Å². The predicted octanol–water partition coefficient (Wildman–Crippen LogP) is 5.57. The number of unbranched alkanes of at least 4 members (excludes halogenated alkanes) is 1. The van der Waals surface area contributed by atoms with Crippen molar-refractivity contribution in [1.82, 2.24) is 4.90 Å². The molecule has 7 heteroatoms. The average molecular weight is 457 g/mol. The minimum Gasteiger partial charge on any atom is -0.478 e. The van der Waals surface area contributed by atoms with E-state index in [9.17, 15) is 14.7 Å². The normalized spacial score (nSPS) is 14.0. The number of ether oxygens (including phenoxy) is 1. The van der Waals surface area contributed by atoms with E-state index in [1.807, 2.05) is 6.07 Å². The van der Waals surface area contributed by atoms with Crippen molar-refractivity contribution in [2.75, 3.05) is 37.7 Å². The Morgan fingerprint density at radius 1 is 1.12 bits per heavy atom. The second kappa shape index (κ2) is 11.7. The Hall–Kier alpha value is -2.83. The molecule has 0 aliphatic carbocycles. The Labute approximate surface area is 194 Å². The third-order valence-electron chi connectivity index (χ3n) is 5.52. The highest BCUT2D eigenvalue weighted by Gasteiger charge is 2.25. The summed E-state index contributed by atoms with van der Waals surface area (Å²) in [5.74, 6) is -1.13. The van der Waals surface area contributed by atoms with Gasteiger partial charge in [0.1, 0.15) is 0 Å². The minimum absolute atomic E-state index is 0.0137. The van der Waals surface area contributed by atoms with Crippen LogP contribution in [0, 0.1) is 0 Å². The third-order valence-corrected chi connectivity index (χ3v) is 5.82. The fraction of sp³-hybridized carbons (Fsp3) is 0.360. The Morgan fingerprint density at radius 2 is 1.91 bits per heavy atom. The van der Waals surface area contributed by atoms with Gasteiger partial charge in [0.25, 0.3) is 0 Å². The maximum atomic E-state index is 12.6. The van der Waals surface area contributed by atoms with Gasteiger partial charge in [0.15, 0.2) is 0 Å². The van der Waals surface area contributed by atoms with Gasteiger partial charge in [0.2, 0.25) is 0 Å². The second-order valence-corrected chi connectivity index (χ2v) is 8.05. The predicted molar refractivity (Wildman–Crippen MR) is 127 cm³/mol. The third kappa shape index (κ3) is 6.11. The van der Waals surface area contributed by atoms with Crippen LogP contribution in [-0.2, 0) is 4.74 Å². The minimum atomic E-state index is -1.13. The lowest BCUT2D eigenvalue weighted by Gasteiger charge is -2.27. The lowest BCUT2D eigenvalue weighted by Crippen LogP contribution is -2.35. The number of carboxylic acids is 1. The van der Waals surface area contributed by atoms with Crippen LogP contribution in [0.1, 0.15) is 42.1 Å². The number of halogens is 1. The quantitative estimate of drug-likeness (QED) is 0.499. The van der Waals surface area contributed by atoms with Crippen LogP contribution in [0.3, 0.4) is 0 Å². The maximum absolute atomic E-state index is 12.6. The number of nitrogens with zero attached hydrogens (tertiary/aromatic N) is 2. The standard InChI is InChI=1S/C25H29ClN2O4/c1-2-32-25(31)28(23-21(24(29)30)11-8-12-22(23)26)16-7-6-15-27-17-13-20(14-18-27)19-9-4-3-5-10-19/h3-5,8-13H,2,6-7,14-18H2,1H3,(H,29,30). The van der Waals surface area contributed by atoms with Crippen molar-refractivity contribution in [2.24, 2.45) is 0 Å². The van der Waals surface area contributed by atoms with E-state index in [0.717, 1.165) is 32.5 Å². The summed E-state index contributed by atoms with van der Waals surface area (Å²) < 4.78 is 5.17. The summed E-state index contributed by atoms with van der Waals surface area (Å²) >= 11 is 6.28. The summed E-state index contributed by atoms with van der Waals surface area (Å²) in [7, 11) is 0. The van der Waals surface area contributed by atoms with Crippen LogP contribution in [0.5, 0.6) is 0 Å². The van der Waals surface area contributed by atoms with Crippen molar-refractivity contribution in [3.05, 3.63) is 70.8 Å². The molecule has 2 aromatic carbocycles. The first-order chi connectivity index (χ1) is 15.5. The molecule has 0 saturated carbocycles. The molecule has 3 rings (SSSR count). The zero-order valence-corrected chi connectivity index (χ0v) is 19.1. The van der Waals surface area contributed by atoms with Crippen LogP contribution in [0.15, 0.2) is 54.6 Å². The largest absolute Gasteiger partial charge is 0.478 e. The first kappa shape index (κ1) is 23.8. The lowest BCUT2D eigenvalue weighted by molar-refractivity contribution is 0.0697. The van der Waals surface area contributed by atoms with E-state index in [1.165, 1.54) is 22.1 Å². The Morgan fingerprint density at radius 3 is 2.56 bits per heavy atom. The molecule has 0 bridgehead atoms. The highest BCUT2D eigenvalue weighted by Crippen LogP contribution is 2.31. The molecule has 1 aliphatic heterocycles. The highest BCUT2D eigenvalue weighted by atomic mass is 35.5. The van der Waals surface area contributed by atoms with Crippen molar-refractivity contribution in [2.45, 2.75) is 26.2 Å². The summed E-state index contributed by atoms with van der Waals surface area (Å²) in [5, 5.41) is 9.76. The molecule has 1 amide bonds. The Balaban J connectivity index is 1.58. The number of anilines is 1. The fourth-order valence-corrected chi connectivity index (χ4v) is 4.17. The summed E-state index contributed by atoms with van der Waals surface area (Å²) in [6.07, 6.45) is 4.29. The monoisotopic (exact) mass is 456 g/mol. The first-order valence-corrected chi connectivity index (χ1v) is 11.3. The number of hydrogen-bond acceptors (Lipinski definition) is 4. The number of carbonyl (C=O) groups excluding carboxylic acids is 1. The fourth-order valence-electron chi connectivity index (χ4n) is 3.89. The van der Waals surface area contributed by atoms with Crippen molar-refractivity contribution in [3.8, 4) is 0 Å². The van der Waals surface area contributed by atoms with Crippen molar-refractivity contribution in [1.29, 1.82) is 0 Å². The molecule has 6 nitrogen and oxygen atoms in total. The number of aromatic carboxylic acids is 1. The van der Waals surface area contributed by atoms with E-state index >= 15 is 0 Å². The van der Waals surface area contributed by atoms with Crippen LogP contribution >= 0.6 is 11.6 Å². The molecule has 170 valence electrons. The zero-order valence-electron chi connectivity index (χ0n) is 18.3. The van der Waals surface area contributed by atoms with Crippen LogP contribution in [-0.4, -0.2) is 54.9 Å². The van der Waals surface area contributed by atoms with Gasteiger partial charge in [-0.05, 0) is 56.0 Å². The SMILES string of the molecule is CCOC(=O)N(CCCCN1CC=C(c2ccccc2)CC1)c1c(Cl)cccc1C(=O)O. The molecule has 1 N–H and O–H groups in total. The van der Waals surface area contributed by atoms with Crippen molar-refractivity contribution >= 4 is 34.9 Å². The van der Waals surface area contributed by atoms with Gasteiger partial charge in [-0.2, -0.15) is 0 Å². The summed E-state index contributed by atoms with van der Waals surface area (Å²) in [5.41, 5.74) is 2.84. The molecule has 32 heavy (non-hydrogen) atoms. The molecular weight excluding hydrogens is 428 g/mol. The van der Waals surface area contributed by atoms with E-state index in [4.69, 9.17) is 16.3 Å². The molecule has 0 fully saturated rings. The van der Waals surface area contributed by atoms with E-state index in [0.29, 0.717) is 13.0 Å². The van der Waals surface area contributed by atoms with Gasteiger partial charge in [-0.25, -0.2) is 9.59 Å². The molecule has 0 atom stereocenters. The molecule has 1 heterocycles. The van der Waals surface area contributed by atoms with Crippen LogP contribution < -0.4 is 4.90 Å². The summed E-state index contributed by atoms with van der Waals surface area (Å²) in [4.78, 5) is 28.0. The first-order valence-electron chi connectivity index (χ1n) is 10.9. The average Bonchev–Trinajstić information content (AvgIpc) is 2.80. The molecule has 0 spiro atoms. The van der Waals surface area contributed by atoms with Crippen LogP contribution in [0.4, 0.5) is 10.5 Å². The van der Waals surface area contributed by atoms with Gasteiger partial charge in [-0.1, -0.05) is 54.1 Å². The van der Waals surface area contributed by atoms with E-state index in [-0.39, 0.29) is 22.9 Å². The summed E-state index contributed by atoms with van der Waals surface area (Å²) in [6, 6.07) is 15.0. The Bertz CT molecular complexity index is 962. The van der Waals surface area contributed by atoms with Crippen molar-refractivity contribution in [3.63, 3.8) is 0 Å². The van der Waals surface area contributed by atoms with E-state index in [2.05, 4.69) is 35.2 Å². The second-order valence-electron chi connectivity index (χ2n) is 7.64.